The minimum atomic E-state index is -3.47. The van der Waals surface area contributed by atoms with Crippen LogP contribution in [0.25, 0.3) is 11.1 Å². The molecule has 0 unspecified atom stereocenters. The molecule has 2 aromatic carbocycles. The van der Waals surface area contributed by atoms with E-state index < -0.39 is 21.8 Å². The Kier molecular flexibility index (Phi) is 10.8. The topological polar surface area (TPSA) is 137 Å². The molecule has 0 aliphatic heterocycles. The second-order valence-electron chi connectivity index (χ2n) is 11.2. The van der Waals surface area contributed by atoms with Crippen LogP contribution in [0.4, 0.5) is 4.39 Å². The molecule has 2 N–H and O–H groups in total. The molecule has 1 fully saturated rings. The lowest BCUT2D eigenvalue weighted by atomic mass is 9.91. The molecule has 2 aromatic heterocycles. The molecule has 0 saturated heterocycles. The zero-order chi connectivity index (χ0) is 32.7. The molecule has 1 aliphatic carbocycles. The number of halogens is 1. The maximum atomic E-state index is 14.3. The third-order valence-corrected chi connectivity index (χ3v) is 8.90. The zero-order valence-electron chi connectivity index (χ0n) is 25.5. The predicted octanol–water partition coefficient (Wildman–Crippen LogP) is 5.82. The Labute approximate surface area is 271 Å². The molecular weight excluding hydrogens is 632 g/mol. The van der Waals surface area contributed by atoms with Crippen molar-refractivity contribution in [1.82, 2.24) is 20.6 Å². The average Bonchev–Trinajstić information content (AvgIpc) is 3.47. The van der Waals surface area contributed by atoms with Gasteiger partial charge in [-0.3, -0.25) is 13.8 Å². The number of hydrogen-bond acceptors (Lipinski definition) is 9. The molecule has 2 amide bonds. The summed E-state index contributed by atoms with van der Waals surface area (Å²) in [5.41, 5.74) is 3.20. The Balaban J connectivity index is 1.20. The number of amides is 2. The van der Waals surface area contributed by atoms with Gasteiger partial charge in [-0.25, -0.2) is 14.4 Å². The van der Waals surface area contributed by atoms with E-state index in [0.717, 1.165) is 40.2 Å². The van der Waals surface area contributed by atoms with E-state index in [1.165, 1.54) is 11.3 Å². The van der Waals surface area contributed by atoms with E-state index in [0.29, 0.717) is 50.0 Å². The van der Waals surface area contributed by atoms with Gasteiger partial charge in [-0.1, -0.05) is 36.4 Å². The molecule has 0 bridgehead atoms. The second kappa shape index (κ2) is 14.9. The highest BCUT2D eigenvalue weighted by molar-refractivity contribution is 7.85. The molecule has 1 saturated carbocycles. The van der Waals surface area contributed by atoms with E-state index in [1.54, 1.807) is 17.5 Å². The molecule has 0 radical (unpaired) electrons. The number of carbonyl (C=O) groups excluding carboxylic acids is 2. The highest BCUT2D eigenvalue weighted by Gasteiger charge is 2.26. The van der Waals surface area contributed by atoms with Gasteiger partial charge in [-0.2, -0.15) is 8.42 Å². The SMILES string of the molecule is Cc1nc(C(=O)N[C@H]2CC[C@H](NC(=O)c3cc(F)cnc3Oc3cccc(-c4cccc(CCCOS(C)(=O)=O)c4)c3)CC2)cs1. The van der Waals surface area contributed by atoms with Crippen LogP contribution in [-0.4, -0.2) is 55.1 Å². The zero-order valence-corrected chi connectivity index (χ0v) is 27.1. The largest absolute Gasteiger partial charge is 0.438 e. The monoisotopic (exact) mass is 666 g/mol. The summed E-state index contributed by atoms with van der Waals surface area (Å²) in [5, 5.41) is 8.57. The molecule has 242 valence electrons. The van der Waals surface area contributed by atoms with Crippen LogP contribution in [-0.2, 0) is 20.7 Å². The van der Waals surface area contributed by atoms with Crippen LogP contribution in [0.15, 0.2) is 66.2 Å². The van der Waals surface area contributed by atoms with Crippen molar-refractivity contribution >= 4 is 33.3 Å². The Morgan fingerprint density at radius 2 is 1.65 bits per heavy atom. The molecule has 0 atom stereocenters. The molecule has 10 nitrogen and oxygen atoms in total. The maximum absolute atomic E-state index is 14.3. The number of aryl methyl sites for hydroxylation is 2. The summed E-state index contributed by atoms with van der Waals surface area (Å²) in [5.74, 6) is -0.942. The van der Waals surface area contributed by atoms with Crippen molar-refractivity contribution in [3.05, 3.63) is 93.8 Å². The van der Waals surface area contributed by atoms with Gasteiger partial charge < -0.3 is 15.4 Å². The highest BCUT2D eigenvalue weighted by atomic mass is 32.2. The fraction of sp³-hybridized carbons (Fsp3) is 0.333. The van der Waals surface area contributed by atoms with Crippen molar-refractivity contribution < 1.29 is 31.3 Å². The van der Waals surface area contributed by atoms with E-state index in [1.807, 2.05) is 43.3 Å². The van der Waals surface area contributed by atoms with Crippen LogP contribution in [0.2, 0.25) is 0 Å². The lowest BCUT2D eigenvalue weighted by molar-refractivity contribution is 0.0888. The lowest BCUT2D eigenvalue weighted by Gasteiger charge is -2.29. The number of thiazole rings is 1. The fourth-order valence-electron chi connectivity index (χ4n) is 5.29. The molecule has 2 heterocycles. The minimum Gasteiger partial charge on any atom is -0.438 e. The molecule has 4 aromatic rings. The number of nitrogens with zero attached hydrogens (tertiary/aromatic N) is 2. The number of rotatable bonds is 12. The van der Waals surface area contributed by atoms with Gasteiger partial charge in [0, 0.05) is 17.5 Å². The van der Waals surface area contributed by atoms with Crippen LogP contribution >= 0.6 is 11.3 Å². The van der Waals surface area contributed by atoms with Gasteiger partial charge in [0.2, 0.25) is 5.88 Å². The van der Waals surface area contributed by atoms with Crippen molar-refractivity contribution in [2.75, 3.05) is 12.9 Å². The van der Waals surface area contributed by atoms with Crippen LogP contribution in [0.3, 0.4) is 0 Å². The van der Waals surface area contributed by atoms with Crippen molar-refractivity contribution in [3.63, 3.8) is 0 Å². The van der Waals surface area contributed by atoms with Gasteiger partial charge in [0.15, 0.2) is 0 Å². The first-order valence-electron chi connectivity index (χ1n) is 14.9. The van der Waals surface area contributed by atoms with E-state index in [-0.39, 0.29) is 36.0 Å². The van der Waals surface area contributed by atoms with Crippen molar-refractivity contribution in [2.24, 2.45) is 0 Å². The fourth-order valence-corrected chi connectivity index (χ4v) is 6.30. The van der Waals surface area contributed by atoms with Gasteiger partial charge in [0.25, 0.3) is 21.9 Å². The number of pyridine rings is 1. The van der Waals surface area contributed by atoms with E-state index in [4.69, 9.17) is 8.92 Å². The number of ether oxygens (including phenoxy) is 1. The van der Waals surface area contributed by atoms with Crippen molar-refractivity contribution in [2.45, 2.75) is 57.5 Å². The summed E-state index contributed by atoms with van der Waals surface area (Å²) in [4.78, 5) is 34.1. The Morgan fingerprint density at radius 3 is 2.33 bits per heavy atom. The van der Waals surface area contributed by atoms with Crippen molar-refractivity contribution in [3.8, 4) is 22.8 Å². The predicted molar refractivity (Wildman–Crippen MR) is 173 cm³/mol. The van der Waals surface area contributed by atoms with Crippen LogP contribution < -0.4 is 15.4 Å². The first-order valence-corrected chi connectivity index (χ1v) is 17.6. The minimum absolute atomic E-state index is 0.0146. The van der Waals surface area contributed by atoms with Gasteiger partial charge in [0.1, 0.15) is 22.8 Å². The van der Waals surface area contributed by atoms with Gasteiger partial charge in [-0.05, 0) is 80.3 Å². The third kappa shape index (κ3) is 9.41. The standard InChI is InChI=1S/C33H35FN4O6S2/c1-21-36-30(20-45-21)32(40)38-27-13-11-26(12-14-27)37-31(39)29-18-25(34)19-35-33(29)44-28-10-4-9-24(17-28)23-8-3-6-22(16-23)7-5-15-43-46(2,41)42/h3-4,6,8-10,16-20,26-27H,5,7,11-15H2,1-2H3,(H,37,39)(H,38,40)/t26-,27-. The average molecular weight is 667 g/mol. The van der Waals surface area contributed by atoms with Crippen LogP contribution in [0, 0.1) is 12.7 Å². The molecule has 46 heavy (non-hydrogen) atoms. The first-order chi connectivity index (χ1) is 22.0. The Bertz CT molecular complexity index is 1810. The first kappa shape index (κ1) is 33.2. The summed E-state index contributed by atoms with van der Waals surface area (Å²) in [6.45, 7) is 1.96. The normalized spacial score (nSPS) is 16.5. The highest BCUT2D eigenvalue weighted by Crippen LogP contribution is 2.30. The van der Waals surface area contributed by atoms with Gasteiger partial charge in [0.05, 0.1) is 24.1 Å². The summed E-state index contributed by atoms with van der Waals surface area (Å²) in [6, 6.07) is 16.1. The molecular formula is C33H35FN4O6S2. The van der Waals surface area contributed by atoms with Crippen LogP contribution in [0.5, 0.6) is 11.6 Å². The summed E-state index contributed by atoms with van der Waals surface area (Å²) in [7, 11) is -3.47. The van der Waals surface area contributed by atoms with E-state index in [9.17, 15) is 22.4 Å². The number of benzene rings is 2. The van der Waals surface area contributed by atoms with Crippen LogP contribution in [0.1, 0.15) is 63.5 Å². The number of nitrogens with one attached hydrogen (secondary N) is 2. The van der Waals surface area contributed by atoms with Crippen molar-refractivity contribution in [1.29, 1.82) is 0 Å². The third-order valence-electron chi connectivity index (χ3n) is 7.53. The Morgan fingerprint density at radius 1 is 0.978 bits per heavy atom. The maximum Gasteiger partial charge on any atom is 0.270 e. The van der Waals surface area contributed by atoms with E-state index >= 15 is 0 Å². The summed E-state index contributed by atoms with van der Waals surface area (Å²) < 4.78 is 47.5. The number of carbonyl (C=O) groups is 2. The number of hydrogen-bond donors (Lipinski definition) is 2. The number of aromatic nitrogens is 2. The quantitative estimate of drug-likeness (QED) is 0.143. The molecule has 13 heteroatoms. The lowest BCUT2D eigenvalue weighted by Crippen LogP contribution is -2.44. The second-order valence-corrected chi connectivity index (χ2v) is 13.9. The molecule has 1 aliphatic rings. The molecule has 5 rings (SSSR count). The smallest absolute Gasteiger partial charge is 0.270 e. The molecule has 0 spiro atoms. The van der Waals surface area contributed by atoms with Gasteiger partial charge >= 0.3 is 0 Å². The summed E-state index contributed by atoms with van der Waals surface area (Å²) >= 11 is 1.43. The van der Waals surface area contributed by atoms with E-state index in [2.05, 4.69) is 20.6 Å². The summed E-state index contributed by atoms with van der Waals surface area (Å²) in [6.07, 6.45) is 5.90. The van der Waals surface area contributed by atoms with Gasteiger partial charge in [-0.15, -0.1) is 11.3 Å². The Hall–Kier alpha value is -4.20.